The number of carbonyl (C=O) groups excluding carboxylic acids is 1. The number of hydrogen-bond donors (Lipinski definition) is 0. The van der Waals surface area contributed by atoms with Crippen molar-refractivity contribution in [3.63, 3.8) is 0 Å². The van der Waals surface area contributed by atoms with E-state index in [9.17, 15) is 4.79 Å². The Kier molecular flexibility index (Phi) is 5.82. The number of carbonyl (C=O) groups is 1. The van der Waals surface area contributed by atoms with Gasteiger partial charge >= 0.3 is 7.12 Å². The average molecular weight is 456 g/mol. The highest BCUT2D eigenvalue weighted by Crippen LogP contribution is 2.37. The van der Waals surface area contributed by atoms with E-state index in [1.165, 1.54) is 0 Å². The van der Waals surface area contributed by atoms with Crippen molar-refractivity contribution in [2.75, 3.05) is 11.4 Å². The summed E-state index contributed by atoms with van der Waals surface area (Å²) in [6.45, 7) is 10.4. The molecule has 0 radical (unpaired) electrons. The molecule has 1 saturated heterocycles. The van der Waals surface area contributed by atoms with Crippen molar-refractivity contribution in [1.82, 2.24) is 9.78 Å². The van der Waals surface area contributed by atoms with Crippen LogP contribution in [0.4, 0.5) is 5.69 Å². The maximum atomic E-state index is 13.4. The first-order valence-electron chi connectivity index (χ1n) is 9.22. The van der Waals surface area contributed by atoms with E-state index in [4.69, 9.17) is 32.5 Å². The molecule has 0 N–H and O–H groups in total. The molecule has 1 fully saturated rings. The quantitative estimate of drug-likeness (QED) is 0.645. The van der Waals surface area contributed by atoms with Gasteiger partial charge in [-0.1, -0.05) is 23.2 Å². The van der Waals surface area contributed by atoms with Crippen molar-refractivity contribution in [1.29, 1.82) is 0 Å². The van der Waals surface area contributed by atoms with Crippen LogP contribution in [0.15, 0.2) is 24.4 Å². The maximum Gasteiger partial charge on any atom is 0.498 e. The minimum atomic E-state index is -0.654. The molecule has 0 unspecified atom stereocenters. The molecule has 1 amide bonds. The molecular formula is C19H24BCl2N3O3S. The van der Waals surface area contributed by atoms with Crippen LogP contribution in [0.3, 0.4) is 0 Å². The average Bonchev–Trinajstić information content (AvgIpc) is 3.13. The van der Waals surface area contributed by atoms with Gasteiger partial charge in [-0.05, 0) is 52.8 Å². The Balaban J connectivity index is 0.00000240. The Morgan fingerprint density at radius 1 is 1.14 bits per heavy atom. The molecule has 0 spiro atoms. The van der Waals surface area contributed by atoms with Crippen molar-refractivity contribution in [2.45, 2.75) is 51.9 Å². The summed E-state index contributed by atoms with van der Waals surface area (Å²) >= 11 is 12.2. The second-order valence-corrected chi connectivity index (χ2v) is 9.16. The largest absolute Gasteiger partial charge is 0.498 e. The van der Waals surface area contributed by atoms with E-state index >= 15 is 0 Å². The van der Waals surface area contributed by atoms with Crippen LogP contribution in [-0.4, -0.2) is 40.6 Å². The maximum absolute atomic E-state index is 13.4. The van der Waals surface area contributed by atoms with Gasteiger partial charge in [-0.3, -0.25) is 9.48 Å². The van der Waals surface area contributed by atoms with E-state index in [0.29, 0.717) is 33.4 Å². The molecule has 4 rings (SSSR count). The summed E-state index contributed by atoms with van der Waals surface area (Å²) in [6, 6.07) is 5.17. The molecule has 0 bridgehead atoms. The van der Waals surface area contributed by atoms with Crippen molar-refractivity contribution in [3.8, 4) is 0 Å². The fraction of sp³-hybridized carbons (Fsp3) is 0.474. The van der Waals surface area contributed by atoms with Crippen molar-refractivity contribution < 1.29 is 14.1 Å². The van der Waals surface area contributed by atoms with Crippen molar-refractivity contribution in [2.24, 2.45) is 0 Å². The summed E-state index contributed by atoms with van der Waals surface area (Å²) in [4.78, 5) is 15.1. The van der Waals surface area contributed by atoms with Gasteiger partial charge in [0.1, 0.15) is 5.69 Å². The molecule has 1 atom stereocenters. The van der Waals surface area contributed by atoms with Crippen LogP contribution >= 0.6 is 36.7 Å². The lowest BCUT2D eigenvalue weighted by Gasteiger charge is -2.32. The Bertz CT molecular complexity index is 950. The number of rotatable bonds is 2. The van der Waals surface area contributed by atoms with Crippen LogP contribution in [0.5, 0.6) is 0 Å². The molecule has 0 saturated carbocycles. The van der Waals surface area contributed by atoms with Gasteiger partial charge in [0.15, 0.2) is 0 Å². The van der Waals surface area contributed by atoms with E-state index in [2.05, 4.69) is 5.10 Å². The van der Waals surface area contributed by atoms with Gasteiger partial charge in [-0.2, -0.15) is 18.6 Å². The summed E-state index contributed by atoms with van der Waals surface area (Å²) < 4.78 is 14.0. The van der Waals surface area contributed by atoms with Gasteiger partial charge in [0, 0.05) is 23.9 Å². The molecule has 6 nitrogen and oxygen atoms in total. The monoisotopic (exact) mass is 455 g/mol. The second-order valence-electron chi connectivity index (χ2n) is 8.34. The van der Waals surface area contributed by atoms with Crippen molar-refractivity contribution in [3.05, 3.63) is 40.1 Å². The first-order chi connectivity index (χ1) is 13.0. The number of benzene rings is 1. The van der Waals surface area contributed by atoms with E-state index in [0.717, 1.165) is 0 Å². The lowest BCUT2D eigenvalue weighted by molar-refractivity contribution is 0.00578. The molecule has 0 aliphatic carbocycles. The van der Waals surface area contributed by atoms with Gasteiger partial charge in [-0.25, -0.2) is 0 Å². The fourth-order valence-electron chi connectivity index (χ4n) is 3.50. The zero-order valence-electron chi connectivity index (χ0n) is 17.0. The molecule has 10 heteroatoms. The van der Waals surface area contributed by atoms with E-state index in [1.54, 1.807) is 34.0 Å². The lowest BCUT2D eigenvalue weighted by atomic mass is 9.78. The minimum Gasteiger partial charge on any atom is -0.399 e. The number of nitrogens with zero attached hydrogens (tertiary/aromatic N) is 3. The van der Waals surface area contributed by atoms with Crippen LogP contribution in [-0.2, 0) is 9.31 Å². The van der Waals surface area contributed by atoms with E-state index in [-0.39, 0.29) is 25.4 Å². The number of fused-ring (bicyclic) bond motifs is 1. The third-order valence-corrected chi connectivity index (χ3v) is 6.60. The summed E-state index contributed by atoms with van der Waals surface area (Å²) in [5.41, 5.74) is 0.806. The van der Waals surface area contributed by atoms with Crippen molar-refractivity contribution >= 4 is 60.9 Å². The summed E-state index contributed by atoms with van der Waals surface area (Å²) in [6.07, 6.45) is 1.67. The van der Waals surface area contributed by atoms with Gasteiger partial charge in [0.25, 0.3) is 5.91 Å². The number of hydrogen-bond acceptors (Lipinski definition) is 4. The highest BCUT2D eigenvalue weighted by molar-refractivity contribution is 7.59. The zero-order chi connectivity index (χ0) is 20.4. The Morgan fingerprint density at radius 3 is 2.34 bits per heavy atom. The molecule has 2 aliphatic rings. The second kappa shape index (κ2) is 7.50. The number of amides is 1. The highest BCUT2D eigenvalue weighted by Gasteiger charge is 2.53. The lowest BCUT2D eigenvalue weighted by Crippen LogP contribution is -2.47. The smallest absolute Gasteiger partial charge is 0.399 e. The van der Waals surface area contributed by atoms with E-state index < -0.39 is 18.3 Å². The first-order valence-corrected chi connectivity index (χ1v) is 9.97. The Morgan fingerprint density at radius 2 is 1.76 bits per heavy atom. The van der Waals surface area contributed by atoms with Gasteiger partial charge in [0.05, 0.1) is 27.3 Å². The zero-order valence-corrected chi connectivity index (χ0v) is 19.5. The van der Waals surface area contributed by atoms with Crippen LogP contribution < -0.4 is 10.4 Å². The number of halogens is 2. The standard InChI is InChI=1S/C19H22BCl2N3O3.H2S/c1-11-10-24(12-6-7-14(21)15(22)8-12)17(26)16-13(9-23-25(11)16)20-27-18(2,3)19(4,5)28-20;/h6-9,11H,10H2,1-5H3;1H2/t11-;/m0./s1. The van der Waals surface area contributed by atoms with Crippen LogP contribution in [0.1, 0.15) is 51.1 Å². The third kappa shape index (κ3) is 3.59. The third-order valence-electron chi connectivity index (χ3n) is 5.86. The predicted molar refractivity (Wildman–Crippen MR) is 121 cm³/mol. The molecule has 3 heterocycles. The highest BCUT2D eigenvalue weighted by atomic mass is 35.5. The van der Waals surface area contributed by atoms with Crippen LogP contribution in [0.25, 0.3) is 0 Å². The first kappa shape index (κ1) is 22.5. The molecular weight excluding hydrogens is 432 g/mol. The van der Waals surface area contributed by atoms with Gasteiger partial charge < -0.3 is 14.2 Å². The predicted octanol–water partition coefficient (Wildman–Crippen LogP) is 3.82. The van der Waals surface area contributed by atoms with Crippen LogP contribution in [0, 0.1) is 0 Å². The molecule has 29 heavy (non-hydrogen) atoms. The molecule has 2 aliphatic heterocycles. The molecule has 1 aromatic carbocycles. The summed E-state index contributed by atoms with van der Waals surface area (Å²) in [7, 11) is -0.654. The normalized spacial score (nSPS) is 22.4. The van der Waals surface area contributed by atoms with Gasteiger partial charge in [0.2, 0.25) is 0 Å². The number of aromatic nitrogens is 2. The fourth-order valence-corrected chi connectivity index (χ4v) is 3.79. The SMILES string of the molecule is C[C@H]1CN(c2ccc(Cl)c(Cl)c2)C(=O)c2c(B3OC(C)(C)C(C)(C)O3)cnn21.S. The Labute approximate surface area is 188 Å². The van der Waals surface area contributed by atoms with Gasteiger partial charge in [-0.15, -0.1) is 0 Å². The topological polar surface area (TPSA) is 56.6 Å². The molecule has 2 aromatic rings. The molecule has 1 aromatic heterocycles. The Hall–Kier alpha value is -1.19. The van der Waals surface area contributed by atoms with Crippen LogP contribution in [0.2, 0.25) is 10.0 Å². The number of anilines is 1. The minimum absolute atomic E-state index is 0. The van der Waals surface area contributed by atoms with E-state index in [1.807, 2.05) is 34.6 Å². The molecule has 156 valence electrons. The summed E-state index contributed by atoms with van der Waals surface area (Å²) in [5.74, 6) is -0.168. The summed E-state index contributed by atoms with van der Waals surface area (Å²) in [5, 5.41) is 5.31.